The van der Waals surface area contributed by atoms with Gasteiger partial charge in [-0.25, -0.2) is 0 Å². The predicted octanol–water partition coefficient (Wildman–Crippen LogP) is 3.74. The Bertz CT molecular complexity index is 510. The molecule has 2 aromatic rings. The molecular formula is C16H17ClO2. The van der Waals surface area contributed by atoms with E-state index >= 15 is 0 Å². The molecule has 2 aromatic carbocycles. The molecule has 0 aliphatic heterocycles. The van der Waals surface area contributed by atoms with Gasteiger partial charge in [0, 0.05) is 10.9 Å². The second kappa shape index (κ2) is 6.20. The monoisotopic (exact) mass is 276 g/mol. The smallest absolute Gasteiger partial charge is 0.0843 e. The van der Waals surface area contributed by atoms with Crippen LogP contribution in [0.3, 0.4) is 0 Å². The second-order valence-electron chi connectivity index (χ2n) is 4.71. The number of aliphatic hydroxyl groups is 2. The molecule has 3 atom stereocenters. The Morgan fingerprint density at radius 3 is 1.79 bits per heavy atom. The molecule has 0 aromatic heterocycles. The number of hydrogen-bond donors (Lipinski definition) is 2. The van der Waals surface area contributed by atoms with Crippen molar-refractivity contribution >= 4 is 11.6 Å². The second-order valence-corrected chi connectivity index (χ2v) is 5.15. The molecule has 0 saturated carbocycles. The summed E-state index contributed by atoms with van der Waals surface area (Å²) in [6.45, 7) is 1.83. The van der Waals surface area contributed by atoms with Gasteiger partial charge in [-0.1, -0.05) is 61.0 Å². The van der Waals surface area contributed by atoms with Gasteiger partial charge in [-0.15, -0.1) is 0 Å². The Kier molecular flexibility index (Phi) is 4.59. The van der Waals surface area contributed by atoms with Gasteiger partial charge in [-0.05, 0) is 23.3 Å². The van der Waals surface area contributed by atoms with Gasteiger partial charge < -0.3 is 10.2 Å². The Hall–Kier alpha value is -1.35. The lowest BCUT2D eigenvalue weighted by atomic mass is 9.89. The van der Waals surface area contributed by atoms with Crippen LogP contribution in [0.25, 0.3) is 0 Å². The van der Waals surface area contributed by atoms with Gasteiger partial charge in [-0.3, -0.25) is 0 Å². The largest absolute Gasteiger partial charge is 0.388 e. The number of hydrogen-bond acceptors (Lipinski definition) is 2. The van der Waals surface area contributed by atoms with E-state index in [1.54, 1.807) is 24.3 Å². The molecule has 0 heterocycles. The molecule has 0 fully saturated rings. The van der Waals surface area contributed by atoms with Gasteiger partial charge in [0.05, 0.1) is 12.2 Å². The van der Waals surface area contributed by atoms with E-state index in [1.165, 1.54) is 0 Å². The third-order valence-corrected chi connectivity index (χ3v) is 3.60. The van der Waals surface area contributed by atoms with Crippen molar-refractivity contribution in [2.75, 3.05) is 0 Å². The van der Waals surface area contributed by atoms with Crippen LogP contribution in [0, 0.1) is 5.92 Å². The van der Waals surface area contributed by atoms with Crippen LogP contribution in [0.5, 0.6) is 0 Å². The highest BCUT2D eigenvalue weighted by molar-refractivity contribution is 6.30. The van der Waals surface area contributed by atoms with Gasteiger partial charge >= 0.3 is 0 Å². The zero-order valence-electron chi connectivity index (χ0n) is 10.7. The topological polar surface area (TPSA) is 40.5 Å². The molecule has 0 aliphatic rings. The highest BCUT2D eigenvalue weighted by Crippen LogP contribution is 2.32. The van der Waals surface area contributed by atoms with E-state index in [0.717, 1.165) is 11.1 Å². The molecule has 0 radical (unpaired) electrons. The van der Waals surface area contributed by atoms with Crippen LogP contribution in [0.1, 0.15) is 30.3 Å². The number of halogens is 1. The van der Waals surface area contributed by atoms with Crippen LogP contribution in [0.4, 0.5) is 0 Å². The van der Waals surface area contributed by atoms with E-state index in [4.69, 9.17) is 11.6 Å². The molecule has 2 N–H and O–H groups in total. The molecular weight excluding hydrogens is 260 g/mol. The molecule has 100 valence electrons. The standard InChI is InChI=1S/C16H17ClO2/c1-11(15(18)12-5-3-2-4-6-12)16(19)13-7-9-14(17)10-8-13/h2-11,15-16,18-19H,1H3/t11-,15-,16-/m0/s1. The first-order valence-electron chi connectivity index (χ1n) is 6.26. The minimum atomic E-state index is -0.729. The van der Waals surface area contributed by atoms with Crippen LogP contribution in [0.2, 0.25) is 5.02 Å². The molecule has 2 rings (SSSR count). The molecule has 3 heteroatoms. The van der Waals surface area contributed by atoms with Crippen molar-refractivity contribution in [1.29, 1.82) is 0 Å². The van der Waals surface area contributed by atoms with Gasteiger partial charge in [0.15, 0.2) is 0 Å². The SMILES string of the molecule is C[C@@H]([C@H](O)c1ccccc1)[C@H](O)c1ccc(Cl)cc1. The third-order valence-electron chi connectivity index (χ3n) is 3.35. The average Bonchev–Trinajstić information content (AvgIpc) is 2.46. The van der Waals surface area contributed by atoms with Crippen molar-refractivity contribution in [2.24, 2.45) is 5.92 Å². The summed E-state index contributed by atoms with van der Waals surface area (Å²) < 4.78 is 0. The lowest BCUT2D eigenvalue weighted by molar-refractivity contribution is 0.0199. The Balaban J connectivity index is 2.15. The summed E-state index contributed by atoms with van der Waals surface area (Å²) in [5.74, 6) is -0.302. The number of benzene rings is 2. The van der Waals surface area contributed by atoms with Gasteiger partial charge in [0.2, 0.25) is 0 Å². The van der Waals surface area contributed by atoms with Crippen LogP contribution < -0.4 is 0 Å². The fourth-order valence-electron chi connectivity index (χ4n) is 2.09. The summed E-state index contributed by atoms with van der Waals surface area (Å²) in [6, 6.07) is 16.4. The summed E-state index contributed by atoms with van der Waals surface area (Å²) in [6.07, 6.45) is -1.43. The Morgan fingerprint density at radius 2 is 1.26 bits per heavy atom. The summed E-state index contributed by atoms with van der Waals surface area (Å²) in [4.78, 5) is 0. The van der Waals surface area contributed by atoms with E-state index in [0.29, 0.717) is 5.02 Å². The van der Waals surface area contributed by atoms with E-state index < -0.39 is 12.2 Å². The molecule has 0 unspecified atom stereocenters. The summed E-state index contributed by atoms with van der Waals surface area (Å²) in [5.41, 5.74) is 1.56. The number of rotatable bonds is 4. The van der Waals surface area contributed by atoms with Crippen molar-refractivity contribution in [2.45, 2.75) is 19.1 Å². The molecule has 0 amide bonds. The van der Waals surface area contributed by atoms with Crippen molar-refractivity contribution in [3.05, 3.63) is 70.7 Å². The van der Waals surface area contributed by atoms with Crippen molar-refractivity contribution in [1.82, 2.24) is 0 Å². The maximum absolute atomic E-state index is 10.3. The first-order valence-corrected chi connectivity index (χ1v) is 6.64. The summed E-state index contributed by atoms with van der Waals surface area (Å²) >= 11 is 5.82. The summed E-state index contributed by atoms with van der Waals surface area (Å²) in [5, 5.41) is 21.2. The summed E-state index contributed by atoms with van der Waals surface area (Å²) in [7, 11) is 0. The molecule has 19 heavy (non-hydrogen) atoms. The average molecular weight is 277 g/mol. The maximum atomic E-state index is 10.3. The third kappa shape index (κ3) is 3.35. The zero-order chi connectivity index (χ0) is 13.8. The minimum absolute atomic E-state index is 0.302. The van der Waals surface area contributed by atoms with Crippen molar-refractivity contribution in [3.8, 4) is 0 Å². The highest BCUT2D eigenvalue weighted by Gasteiger charge is 2.24. The molecule has 2 nitrogen and oxygen atoms in total. The predicted molar refractivity (Wildman–Crippen MR) is 77.0 cm³/mol. The molecule has 0 aliphatic carbocycles. The lowest BCUT2D eigenvalue weighted by Crippen LogP contribution is -2.17. The molecule has 0 spiro atoms. The van der Waals surface area contributed by atoms with E-state index in [1.807, 2.05) is 37.3 Å². The first kappa shape index (κ1) is 14.1. The minimum Gasteiger partial charge on any atom is -0.388 e. The van der Waals surface area contributed by atoms with Gasteiger partial charge in [0.1, 0.15) is 0 Å². The number of aliphatic hydroxyl groups excluding tert-OH is 2. The molecule has 0 saturated heterocycles. The normalized spacial score (nSPS) is 15.8. The van der Waals surface area contributed by atoms with Crippen molar-refractivity contribution < 1.29 is 10.2 Å². The van der Waals surface area contributed by atoms with Crippen LogP contribution in [-0.2, 0) is 0 Å². The Labute approximate surface area is 118 Å². The van der Waals surface area contributed by atoms with Gasteiger partial charge in [0.25, 0.3) is 0 Å². The zero-order valence-corrected chi connectivity index (χ0v) is 11.5. The highest BCUT2D eigenvalue weighted by atomic mass is 35.5. The lowest BCUT2D eigenvalue weighted by Gasteiger charge is -2.24. The molecule has 0 bridgehead atoms. The van der Waals surface area contributed by atoms with E-state index in [9.17, 15) is 10.2 Å². The quantitative estimate of drug-likeness (QED) is 0.893. The first-order chi connectivity index (χ1) is 9.09. The fourth-order valence-corrected chi connectivity index (χ4v) is 2.22. The van der Waals surface area contributed by atoms with Crippen LogP contribution in [-0.4, -0.2) is 10.2 Å². The fraction of sp³-hybridized carbons (Fsp3) is 0.250. The maximum Gasteiger partial charge on any atom is 0.0843 e. The van der Waals surface area contributed by atoms with E-state index in [-0.39, 0.29) is 5.92 Å². The Morgan fingerprint density at radius 1 is 0.789 bits per heavy atom. The van der Waals surface area contributed by atoms with E-state index in [2.05, 4.69) is 0 Å². The van der Waals surface area contributed by atoms with Gasteiger partial charge in [-0.2, -0.15) is 0 Å². The van der Waals surface area contributed by atoms with Crippen LogP contribution >= 0.6 is 11.6 Å². The van der Waals surface area contributed by atoms with Crippen LogP contribution in [0.15, 0.2) is 54.6 Å². The van der Waals surface area contributed by atoms with Crippen molar-refractivity contribution in [3.63, 3.8) is 0 Å².